The van der Waals surface area contributed by atoms with Crippen LogP contribution in [0.5, 0.6) is 0 Å². The summed E-state index contributed by atoms with van der Waals surface area (Å²) in [6, 6.07) is 0. The highest BCUT2D eigenvalue weighted by molar-refractivity contribution is 5.09. The van der Waals surface area contributed by atoms with Crippen LogP contribution in [0.25, 0.3) is 0 Å². The standard InChI is InChI=1S/C13H22O/c1-5-7-13(14)10-12(4)9-6-8-11(2)3/h5,7-8,10,13-14H,6,9H2,1-4H3/b7-5+,12-10+. The van der Waals surface area contributed by atoms with Gasteiger partial charge in [-0.15, -0.1) is 0 Å². The van der Waals surface area contributed by atoms with Gasteiger partial charge < -0.3 is 5.11 Å². The van der Waals surface area contributed by atoms with Gasteiger partial charge in [-0.3, -0.25) is 0 Å². The SMILES string of the molecule is C/C=C/C(O)/C=C(\C)CCC=C(C)C. The van der Waals surface area contributed by atoms with Crippen molar-refractivity contribution in [3.05, 3.63) is 35.5 Å². The highest BCUT2D eigenvalue weighted by atomic mass is 16.3. The molecule has 14 heavy (non-hydrogen) atoms. The third kappa shape index (κ3) is 7.81. The zero-order valence-electron chi connectivity index (χ0n) is 9.75. The lowest BCUT2D eigenvalue weighted by molar-refractivity contribution is 0.270. The first kappa shape index (κ1) is 13.2. The van der Waals surface area contributed by atoms with Gasteiger partial charge >= 0.3 is 0 Å². The molecule has 0 aromatic rings. The van der Waals surface area contributed by atoms with E-state index in [0.29, 0.717) is 0 Å². The van der Waals surface area contributed by atoms with E-state index in [9.17, 15) is 5.11 Å². The molecule has 1 heteroatoms. The molecule has 0 fully saturated rings. The Labute approximate surface area is 87.8 Å². The summed E-state index contributed by atoms with van der Waals surface area (Å²) in [6.07, 6.45) is 9.44. The molecule has 0 saturated carbocycles. The van der Waals surface area contributed by atoms with Gasteiger partial charge in [-0.05, 0) is 40.5 Å². The van der Waals surface area contributed by atoms with Gasteiger partial charge in [-0.2, -0.15) is 0 Å². The van der Waals surface area contributed by atoms with Crippen molar-refractivity contribution in [2.75, 3.05) is 0 Å². The molecular weight excluding hydrogens is 172 g/mol. The summed E-state index contributed by atoms with van der Waals surface area (Å²) in [5, 5.41) is 9.45. The molecule has 0 rings (SSSR count). The molecule has 1 N–H and O–H groups in total. The summed E-state index contributed by atoms with van der Waals surface area (Å²) in [6.45, 7) is 8.18. The molecule has 0 spiro atoms. The van der Waals surface area contributed by atoms with Gasteiger partial charge in [0.1, 0.15) is 0 Å². The average molecular weight is 194 g/mol. The van der Waals surface area contributed by atoms with Crippen molar-refractivity contribution in [1.82, 2.24) is 0 Å². The maximum absolute atomic E-state index is 9.45. The van der Waals surface area contributed by atoms with Crippen molar-refractivity contribution in [2.24, 2.45) is 0 Å². The van der Waals surface area contributed by atoms with Gasteiger partial charge in [0.15, 0.2) is 0 Å². The maximum Gasteiger partial charge on any atom is 0.0905 e. The van der Waals surface area contributed by atoms with E-state index in [1.807, 2.05) is 19.1 Å². The summed E-state index contributed by atoms with van der Waals surface area (Å²) >= 11 is 0. The average Bonchev–Trinajstić information content (AvgIpc) is 2.03. The highest BCUT2D eigenvalue weighted by Gasteiger charge is 1.94. The highest BCUT2D eigenvalue weighted by Crippen LogP contribution is 2.08. The third-order valence-electron chi connectivity index (χ3n) is 1.94. The van der Waals surface area contributed by atoms with E-state index in [0.717, 1.165) is 12.8 Å². The lowest BCUT2D eigenvalue weighted by Gasteiger charge is -2.02. The molecule has 1 nitrogen and oxygen atoms in total. The number of aliphatic hydroxyl groups is 1. The lowest BCUT2D eigenvalue weighted by atomic mass is 10.1. The largest absolute Gasteiger partial charge is 0.385 e. The molecule has 0 amide bonds. The van der Waals surface area contributed by atoms with Crippen LogP contribution in [0.3, 0.4) is 0 Å². The van der Waals surface area contributed by atoms with E-state index in [1.54, 1.807) is 6.08 Å². The summed E-state index contributed by atoms with van der Waals surface area (Å²) < 4.78 is 0. The summed E-state index contributed by atoms with van der Waals surface area (Å²) in [5.74, 6) is 0. The van der Waals surface area contributed by atoms with Gasteiger partial charge in [0.25, 0.3) is 0 Å². The number of hydrogen-bond donors (Lipinski definition) is 1. The van der Waals surface area contributed by atoms with Crippen molar-refractivity contribution in [3.63, 3.8) is 0 Å². The zero-order chi connectivity index (χ0) is 11.0. The number of hydrogen-bond acceptors (Lipinski definition) is 1. The second-order valence-electron chi connectivity index (χ2n) is 3.85. The minimum atomic E-state index is -0.424. The van der Waals surface area contributed by atoms with Crippen LogP contribution in [-0.2, 0) is 0 Å². The van der Waals surface area contributed by atoms with Crippen LogP contribution in [0, 0.1) is 0 Å². The predicted molar refractivity (Wildman–Crippen MR) is 63.2 cm³/mol. The topological polar surface area (TPSA) is 20.2 Å². The van der Waals surface area contributed by atoms with Crippen LogP contribution < -0.4 is 0 Å². The Balaban J connectivity index is 3.94. The van der Waals surface area contributed by atoms with Gasteiger partial charge in [-0.25, -0.2) is 0 Å². The number of rotatable bonds is 5. The monoisotopic (exact) mass is 194 g/mol. The van der Waals surface area contributed by atoms with Gasteiger partial charge in [0, 0.05) is 0 Å². The lowest BCUT2D eigenvalue weighted by Crippen LogP contribution is -1.97. The third-order valence-corrected chi connectivity index (χ3v) is 1.94. The fourth-order valence-electron chi connectivity index (χ4n) is 1.22. The molecule has 0 saturated heterocycles. The smallest absolute Gasteiger partial charge is 0.0905 e. The first-order valence-corrected chi connectivity index (χ1v) is 5.17. The second kappa shape index (κ2) is 7.57. The Morgan fingerprint density at radius 3 is 2.43 bits per heavy atom. The van der Waals surface area contributed by atoms with Crippen LogP contribution in [0.1, 0.15) is 40.5 Å². The van der Waals surface area contributed by atoms with Crippen LogP contribution in [0.4, 0.5) is 0 Å². The van der Waals surface area contributed by atoms with Gasteiger partial charge in [-0.1, -0.05) is 35.5 Å². The summed E-state index contributed by atoms with van der Waals surface area (Å²) in [5.41, 5.74) is 2.60. The molecule has 0 aliphatic rings. The van der Waals surface area contributed by atoms with Gasteiger partial charge in [0.05, 0.1) is 6.10 Å². The zero-order valence-corrected chi connectivity index (χ0v) is 9.75. The molecule has 0 radical (unpaired) electrons. The fraction of sp³-hybridized carbons (Fsp3) is 0.538. The molecule has 0 aromatic heterocycles. The Bertz CT molecular complexity index is 230. The molecule has 1 unspecified atom stereocenters. The maximum atomic E-state index is 9.45. The molecule has 0 heterocycles. The van der Waals surface area contributed by atoms with E-state index in [1.165, 1.54) is 11.1 Å². The van der Waals surface area contributed by atoms with Crippen molar-refractivity contribution in [3.8, 4) is 0 Å². The number of aliphatic hydroxyl groups excluding tert-OH is 1. The Kier molecular flexibility index (Phi) is 7.13. The Hall–Kier alpha value is -0.820. The molecule has 1 atom stereocenters. The van der Waals surface area contributed by atoms with E-state index < -0.39 is 6.10 Å². The molecule has 0 aromatic carbocycles. The quantitative estimate of drug-likeness (QED) is 0.663. The van der Waals surface area contributed by atoms with E-state index >= 15 is 0 Å². The first-order valence-electron chi connectivity index (χ1n) is 5.17. The number of allylic oxidation sites excluding steroid dienone is 4. The van der Waals surface area contributed by atoms with Crippen LogP contribution in [0.15, 0.2) is 35.5 Å². The molecule has 80 valence electrons. The molecule has 0 aliphatic carbocycles. The Morgan fingerprint density at radius 2 is 1.93 bits per heavy atom. The minimum Gasteiger partial charge on any atom is -0.385 e. The van der Waals surface area contributed by atoms with Crippen molar-refractivity contribution in [1.29, 1.82) is 0 Å². The van der Waals surface area contributed by atoms with Crippen molar-refractivity contribution in [2.45, 2.75) is 46.6 Å². The normalized spacial score (nSPS) is 14.5. The van der Waals surface area contributed by atoms with Crippen molar-refractivity contribution < 1.29 is 5.11 Å². The molecule has 0 bridgehead atoms. The molecule has 0 aliphatic heterocycles. The van der Waals surface area contributed by atoms with Crippen LogP contribution >= 0.6 is 0 Å². The summed E-state index contributed by atoms with van der Waals surface area (Å²) in [7, 11) is 0. The minimum absolute atomic E-state index is 0.424. The van der Waals surface area contributed by atoms with E-state index in [4.69, 9.17) is 0 Å². The summed E-state index contributed by atoms with van der Waals surface area (Å²) in [4.78, 5) is 0. The Morgan fingerprint density at radius 1 is 1.29 bits per heavy atom. The predicted octanol–water partition coefficient (Wildman–Crippen LogP) is 3.62. The van der Waals surface area contributed by atoms with Gasteiger partial charge in [0.2, 0.25) is 0 Å². The fourth-order valence-corrected chi connectivity index (χ4v) is 1.22. The van der Waals surface area contributed by atoms with E-state index in [2.05, 4.69) is 26.8 Å². The van der Waals surface area contributed by atoms with Crippen LogP contribution in [-0.4, -0.2) is 11.2 Å². The second-order valence-corrected chi connectivity index (χ2v) is 3.85. The molecular formula is C13H22O. The van der Waals surface area contributed by atoms with Crippen molar-refractivity contribution >= 4 is 0 Å². The first-order chi connectivity index (χ1) is 6.56. The van der Waals surface area contributed by atoms with E-state index in [-0.39, 0.29) is 0 Å². The van der Waals surface area contributed by atoms with Crippen LogP contribution in [0.2, 0.25) is 0 Å².